The fraction of sp³-hybridized carbons (Fsp3) is 0.0400. The Kier molecular flexibility index (Phi) is 11.7. The molecule has 0 bridgehead atoms. The fourth-order valence-corrected chi connectivity index (χ4v) is 11.7. The summed E-state index contributed by atoms with van der Waals surface area (Å²) in [4.78, 5) is 0. The Hall–Kier alpha value is -9.36. The number of aryl methyl sites for hydroxylation is 2. The molecule has 0 nitrogen and oxygen atoms in total. The molecule has 0 spiro atoms. The van der Waals surface area contributed by atoms with E-state index >= 15 is 0 Å². The highest BCUT2D eigenvalue weighted by atomic mass is 14.5. The summed E-state index contributed by atoms with van der Waals surface area (Å²) >= 11 is 0. The van der Waals surface area contributed by atoms with Crippen molar-refractivity contribution >= 4 is 44.8 Å². The van der Waals surface area contributed by atoms with Crippen molar-refractivity contribution < 1.29 is 0 Å². The normalized spacial score (nSPS) is 12.9. The Balaban J connectivity index is 0.839. The standard InChI is InChI=1S/C75H54/c1-51-25-33-61(34-26-51)71(67-21-11-15-59-13-3-5-17-65(59)67)49-53-29-37-55(38-30-53)57-41-45-63(46-42-57)75(73-23-9-7-19-69(73)70-20-8-10-24-74(70)75)64-47-43-58(44-48-64)56-39-31-54(32-40-56)50-72(62-35-27-52(2)28-36-62)68-22-12-16-60-14-4-6-18-66(60)68/h3-50H,1-2H3. The maximum absolute atomic E-state index is 2.36. The second kappa shape index (κ2) is 19.2. The monoisotopic (exact) mass is 954 g/mol. The van der Waals surface area contributed by atoms with Crippen LogP contribution in [0.25, 0.3) is 78.2 Å². The highest BCUT2D eigenvalue weighted by molar-refractivity contribution is 6.04. The maximum Gasteiger partial charge on any atom is 0.0713 e. The van der Waals surface area contributed by atoms with Crippen molar-refractivity contribution in [1.29, 1.82) is 0 Å². The Labute approximate surface area is 440 Å². The molecule has 0 amide bonds. The predicted octanol–water partition coefficient (Wildman–Crippen LogP) is 19.5. The van der Waals surface area contributed by atoms with Crippen LogP contribution in [0.2, 0.25) is 0 Å². The van der Waals surface area contributed by atoms with Gasteiger partial charge in [0.2, 0.25) is 0 Å². The molecule has 0 atom stereocenters. The lowest BCUT2D eigenvalue weighted by Crippen LogP contribution is -2.28. The largest absolute Gasteiger partial charge is 0.0713 e. The van der Waals surface area contributed by atoms with Gasteiger partial charge in [-0.25, -0.2) is 0 Å². The second-order valence-corrected chi connectivity index (χ2v) is 20.1. The molecule has 0 N–H and O–H groups in total. The molecule has 13 rings (SSSR count). The van der Waals surface area contributed by atoms with Crippen LogP contribution in [0, 0.1) is 13.8 Å². The molecule has 354 valence electrons. The molecular formula is C75H54. The van der Waals surface area contributed by atoms with Crippen LogP contribution in [0.1, 0.15) is 66.8 Å². The van der Waals surface area contributed by atoms with Crippen LogP contribution in [0.5, 0.6) is 0 Å². The van der Waals surface area contributed by atoms with Gasteiger partial charge in [0, 0.05) is 0 Å². The van der Waals surface area contributed by atoms with Crippen molar-refractivity contribution in [3.63, 3.8) is 0 Å². The molecular weight excluding hydrogens is 901 g/mol. The minimum Gasteiger partial charge on any atom is -0.0619 e. The molecule has 1 aliphatic rings. The quantitative estimate of drug-likeness (QED) is 0.120. The van der Waals surface area contributed by atoms with Crippen LogP contribution in [-0.2, 0) is 5.41 Å². The first kappa shape index (κ1) is 45.5. The van der Waals surface area contributed by atoms with E-state index in [1.807, 2.05) is 0 Å². The van der Waals surface area contributed by atoms with Gasteiger partial charge in [-0.2, -0.15) is 0 Å². The lowest BCUT2D eigenvalue weighted by molar-refractivity contribution is 0.769. The SMILES string of the molecule is Cc1ccc(C(=Cc2ccc(-c3ccc(C4(c5ccc(-c6ccc(C=C(c7ccc(C)cc7)c7cccc8ccccc78)cc6)cc5)c5ccccc5-c5ccccc54)cc3)cc2)c2cccc3ccccc23)cc1. The Bertz CT molecular complexity index is 3830. The van der Waals surface area contributed by atoms with Gasteiger partial charge in [0.15, 0.2) is 0 Å². The van der Waals surface area contributed by atoms with Crippen molar-refractivity contribution in [2.45, 2.75) is 19.3 Å². The van der Waals surface area contributed by atoms with Crippen LogP contribution in [0.15, 0.2) is 279 Å². The van der Waals surface area contributed by atoms with Crippen molar-refractivity contribution in [1.82, 2.24) is 0 Å². The van der Waals surface area contributed by atoms with Gasteiger partial charge in [0.1, 0.15) is 0 Å². The topological polar surface area (TPSA) is 0 Å². The summed E-state index contributed by atoms with van der Waals surface area (Å²) in [5, 5.41) is 4.99. The summed E-state index contributed by atoms with van der Waals surface area (Å²) < 4.78 is 0. The van der Waals surface area contributed by atoms with Crippen molar-refractivity contribution in [2.75, 3.05) is 0 Å². The Morgan fingerprint density at radius 1 is 0.293 bits per heavy atom. The van der Waals surface area contributed by atoms with Crippen LogP contribution in [0.4, 0.5) is 0 Å². The molecule has 0 radical (unpaired) electrons. The molecule has 12 aromatic carbocycles. The fourth-order valence-electron chi connectivity index (χ4n) is 11.7. The van der Waals surface area contributed by atoms with Crippen LogP contribution in [-0.4, -0.2) is 0 Å². The third-order valence-corrected chi connectivity index (χ3v) is 15.6. The summed E-state index contributed by atoms with van der Waals surface area (Å²) in [5.74, 6) is 0. The summed E-state index contributed by atoms with van der Waals surface area (Å²) in [6, 6.07) is 103. The third kappa shape index (κ3) is 8.32. The van der Waals surface area contributed by atoms with Gasteiger partial charge in [0.05, 0.1) is 5.41 Å². The average Bonchev–Trinajstić information content (AvgIpc) is 3.83. The average molecular weight is 955 g/mol. The van der Waals surface area contributed by atoms with Crippen molar-refractivity contribution in [2.24, 2.45) is 0 Å². The minimum absolute atomic E-state index is 0.504. The molecule has 75 heavy (non-hydrogen) atoms. The molecule has 1 aliphatic carbocycles. The van der Waals surface area contributed by atoms with Gasteiger partial charge in [-0.05, 0) is 148 Å². The Morgan fingerprint density at radius 2 is 0.627 bits per heavy atom. The third-order valence-electron chi connectivity index (χ3n) is 15.6. The number of benzene rings is 12. The summed E-state index contributed by atoms with van der Waals surface area (Å²) in [6.45, 7) is 4.29. The summed E-state index contributed by atoms with van der Waals surface area (Å²) in [6.07, 6.45) is 4.68. The van der Waals surface area contributed by atoms with Crippen LogP contribution < -0.4 is 0 Å². The van der Waals surface area contributed by atoms with Crippen molar-refractivity contribution in [3.05, 3.63) is 346 Å². The number of rotatable bonds is 10. The molecule has 0 heteroatoms. The molecule has 0 unspecified atom stereocenters. The molecule has 0 aromatic heterocycles. The summed E-state index contributed by atoms with van der Waals surface area (Å²) in [7, 11) is 0. The van der Waals surface area contributed by atoms with Crippen molar-refractivity contribution in [3.8, 4) is 33.4 Å². The maximum atomic E-state index is 2.36. The van der Waals surface area contributed by atoms with Gasteiger partial charge in [-0.1, -0.05) is 290 Å². The van der Waals surface area contributed by atoms with E-state index in [2.05, 4.69) is 305 Å². The molecule has 0 aliphatic heterocycles. The number of hydrogen-bond acceptors (Lipinski definition) is 0. The zero-order chi connectivity index (χ0) is 50.3. The second-order valence-electron chi connectivity index (χ2n) is 20.1. The van der Waals surface area contributed by atoms with Gasteiger partial charge in [0.25, 0.3) is 0 Å². The van der Waals surface area contributed by atoms with E-state index in [1.54, 1.807) is 0 Å². The van der Waals surface area contributed by atoms with Crippen LogP contribution >= 0.6 is 0 Å². The minimum atomic E-state index is -0.504. The van der Waals surface area contributed by atoms with Gasteiger partial charge >= 0.3 is 0 Å². The molecule has 12 aromatic rings. The van der Waals surface area contributed by atoms with E-state index in [-0.39, 0.29) is 0 Å². The van der Waals surface area contributed by atoms with E-state index in [4.69, 9.17) is 0 Å². The van der Waals surface area contributed by atoms with E-state index < -0.39 is 5.41 Å². The van der Waals surface area contributed by atoms with E-state index in [9.17, 15) is 0 Å². The van der Waals surface area contributed by atoms with Gasteiger partial charge in [-0.15, -0.1) is 0 Å². The van der Waals surface area contributed by atoms with E-state index in [0.717, 1.165) is 11.1 Å². The molecule has 0 saturated heterocycles. The molecule has 0 fully saturated rings. The van der Waals surface area contributed by atoms with Gasteiger partial charge in [-0.3, -0.25) is 0 Å². The first-order valence-electron chi connectivity index (χ1n) is 26.1. The number of hydrogen-bond donors (Lipinski definition) is 0. The smallest absolute Gasteiger partial charge is 0.0619 e. The van der Waals surface area contributed by atoms with Crippen LogP contribution in [0.3, 0.4) is 0 Å². The first-order chi connectivity index (χ1) is 37.0. The zero-order valence-electron chi connectivity index (χ0n) is 42.2. The van der Waals surface area contributed by atoms with E-state index in [1.165, 1.54) is 122 Å². The lowest BCUT2D eigenvalue weighted by atomic mass is 9.67. The lowest BCUT2D eigenvalue weighted by Gasteiger charge is -2.34. The first-order valence-corrected chi connectivity index (χ1v) is 26.1. The molecule has 0 heterocycles. The summed E-state index contributed by atoms with van der Waals surface area (Å²) in [5.41, 5.74) is 24.1. The highest BCUT2D eigenvalue weighted by Crippen LogP contribution is 2.56. The Morgan fingerprint density at radius 3 is 1.03 bits per heavy atom. The molecule has 0 saturated carbocycles. The zero-order valence-corrected chi connectivity index (χ0v) is 42.2. The highest BCUT2D eigenvalue weighted by Gasteiger charge is 2.45. The van der Waals surface area contributed by atoms with E-state index in [0.29, 0.717) is 0 Å². The predicted molar refractivity (Wildman–Crippen MR) is 319 cm³/mol. The van der Waals surface area contributed by atoms with Gasteiger partial charge < -0.3 is 0 Å². The number of fused-ring (bicyclic) bond motifs is 5.